The first kappa shape index (κ1) is 4.84. The molecule has 0 amide bonds. The van der Waals surface area contributed by atoms with Crippen LogP contribution < -0.4 is 0 Å². The second-order valence-corrected chi connectivity index (χ2v) is 2.13. The Morgan fingerprint density at radius 3 is 3.00 bits per heavy atom. The third-order valence-corrected chi connectivity index (χ3v) is 1.52. The van der Waals surface area contributed by atoms with Crippen molar-refractivity contribution < 1.29 is 4.79 Å². The summed E-state index contributed by atoms with van der Waals surface area (Å²) in [6.07, 6.45) is 1.67. The number of carbonyl (C=O) groups is 1. The molecule has 38 valence electrons. The normalized spacial score (nSPS) is 19.1. The first-order valence-electron chi connectivity index (χ1n) is 2.07. The lowest BCUT2D eigenvalue weighted by Gasteiger charge is -1.74. The molecule has 0 unspecified atom stereocenters. The van der Waals surface area contributed by atoms with Crippen molar-refractivity contribution in [2.24, 2.45) is 4.40 Å². The van der Waals surface area contributed by atoms with Crippen molar-refractivity contribution >= 4 is 23.9 Å². The fourth-order valence-corrected chi connectivity index (χ4v) is 1.10. The molecule has 0 bridgehead atoms. The number of hydrogen-bond donors (Lipinski definition) is 0. The molecule has 2 nitrogen and oxygen atoms in total. The summed E-state index contributed by atoms with van der Waals surface area (Å²) in [6.45, 7) is 0. The highest BCUT2D eigenvalue weighted by atomic mass is 32.2. The minimum atomic E-state index is 0.699. The Labute approximate surface area is 46.1 Å². The van der Waals surface area contributed by atoms with E-state index in [1.165, 1.54) is 11.9 Å². The first-order chi connectivity index (χ1) is 3.43. The van der Waals surface area contributed by atoms with Gasteiger partial charge in [0.25, 0.3) is 0 Å². The third kappa shape index (κ3) is 1.03. The van der Waals surface area contributed by atoms with Gasteiger partial charge >= 0.3 is 0 Å². The van der Waals surface area contributed by atoms with Crippen molar-refractivity contribution in [2.75, 3.05) is 5.75 Å². The second-order valence-electron chi connectivity index (χ2n) is 1.28. The van der Waals surface area contributed by atoms with Gasteiger partial charge in [0.15, 0.2) is 6.29 Å². The molecular weight excluding hydrogens is 110 g/mol. The van der Waals surface area contributed by atoms with Crippen molar-refractivity contribution in [3.8, 4) is 0 Å². The number of hydrogen-bond acceptors (Lipinski definition) is 3. The molecule has 0 spiro atoms. The van der Waals surface area contributed by atoms with Gasteiger partial charge in [0.2, 0.25) is 0 Å². The highest BCUT2D eigenvalue weighted by Crippen LogP contribution is 2.12. The van der Waals surface area contributed by atoms with E-state index in [2.05, 4.69) is 4.40 Å². The third-order valence-electron chi connectivity index (χ3n) is 0.767. The van der Waals surface area contributed by atoms with Gasteiger partial charge in [-0.3, -0.25) is 4.79 Å². The predicted molar refractivity (Wildman–Crippen MR) is 30.6 cm³/mol. The van der Waals surface area contributed by atoms with E-state index in [9.17, 15) is 4.79 Å². The van der Waals surface area contributed by atoms with Crippen LogP contribution in [0.15, 0.2) is 4.40 Å². The molecule has 0 N–H and O–H groups in total. The van der Waals surface area contributed by atoms with Crippen LogP contribution in [0.3, 0.4) is 0 Å². The van der Waals surface area contributed by atoms with E-state index in [4.69, 9.17) is 0 Å². The zero-order valence-corrected chi connectivity index (χ0v) is 4.57. The topological polar surface area (TPSA) is 29.4 Å². The average Bonchev–Trinajstić information content (AvgIpc) is 2.14. The van der Waals surface area contributed by atoms with Crippen LogP contribution in [0.25, 0.3) is 0 Å². The van der Waals surface area contributed by atoms with Gasteiger partial charge in [-0.25, -0.2) is 4.40 Å². The molecule has 0 saturated heterocycles. The molecule has 0 radical (unpaired) electrons. The molecule has 7 heavy (non-hydrogen) atoms. The summed E-state index contributed by atoms with van der Waals surface area (Å²) in [6, 6.07) is 0. The van der Waals surface area contributed by atoms with E-state index in [0.29, 0.717) is 5.71 Å². The van der Waals surface area contributed by atoms with Crippen molar-refractivity contribution in [1.82, 2.24) is 0 Å². The minimum Gasteiger partial charge on any atom is -0.297 e. The Kier molecular flexibility index (Phi) is 1.46. The van der Waals surface area contributed by atoms with Gasteiger partial charge in [0.05, 0.1) is 5.71 Å². The van der Waals surface area contributed by atoms with Gasteiger partial charge in [-0.1, -0.05) is 0 Å². The summed E-state index contributed by atoms with van der Waals surface area (Å²) in [7, 11) is 0. The first-order valence-corrected chi connectivity index (χ1v) is 3.02. The quantitative estimate of drug-likeness (QED) is 0.371. The van der Waals surface area contributed by atoms with E-state index >= 15 is 0 Å². The fourth-order valence-electron chi connectivity index (χ4n) is 0.405. The Balaban J connectivity index is 2.51. The predicted octanol–water partition coefficient (Wildman–Crippen LogP) is 0.678. The molecule has 0 aromatic heterocycles. The second kappa shape index (κ2) is 2.12. The van der Waals surface area contributed by atoms with Crippen molar-refractivity contribution in [3.05, 3.63) is 0 Å². The molecule has 0 saturated carbocycles. The number of aldehydes is 1. The number of rotatable bonds is 1. The molecule has 0 fully saturated rings. The minimum absolute atomic E-state index is 0.699. The zero-order valence-electron chi connectivity index (χ0n) is 3.76. The van der Waals surface area contributed by atoms with E-state index in [0.717, 1.165) is 18.5 Å². The van der Waals surface area contributed by atoms with Crippen LogP contribution in [0, 0.1) is 0 Å². The van der Waals surface area contributed by atoms with Crippen molar-refractivity contribution in [3.63, 3.8) is 0 Å². The largest absolute Gasteiger partial charge is 0.297 e. The van der Waals surface area contributed by atoms with Crippen LogP contribution in [0.5, 0.6) is 0 Å². The van der Waals surface area contributed by atoms with E-state index < -0.39 is 0 Å². The maximum absolute atomic E-state index is 9.86. The highest BCUT2D eigenvalue weighted by Gasteiger charge is 2.03. The lowest BCUT2D eigenvalue weighted by atomic mass is 10.3. The number of carbonyl (C=O) groups excluding carboxylic acids is 1. The lowest BCUT2D eigenvalue weighted by Crippen LogP contribution is -1.92. The maximum Gasteiger partial charge on any atom is 0.164 e. The molecule has 0 aromatic carbocycles. The van der Waals surface area contributed by atoms with Crippen LogP contribution in [0.4, 0.5) is 0 Å². The molecule has 0 atom stereocenters. The van der Waals surface area contributed by atoms with E-state index in [1.54, 1.807) is 0 Å². The SMILES string of the molecule is O=CC1=NSCC1. The Morgan fingerprint density at radius 2 is 2.71 bits per heavy atom. The summed E-state index contributed by atoms with van der Waals surface area (Å²) in [5.41, 5.74) is 0.699. The molecular formula is C4H5NOS. The lowest BCUT2D eigenvalue weighted by molar-refractivity contribution is -0.102. The van der Waals surface area contributed by atoms with Gasteiger partial charge in [0.1, 0.15) is 0 Å². The summed E-state index contributed by atoms with van der Waals surface area (Å²) < 4.78 is 3.82. The highest BCUT2D eigenvalue weighted by molar-refractivity contribution is 7.98. The molecule has 1 heterocycles. The zero-order chi connectivity index (χ0) is 5.11. The van der Waals surface area contributed by atoms with E-state index in [-0.39, 0.29) is 0 Å². The van der Waals surface area contributed by atoms with Crippen LogP contribution >= 0.6 is 11.9 Å². The van der Waals surface area contributed by atoms with Crippen LogP contribution in [-0.2, 0) is 4.79 Å². The Hall–Kier alpha value is -0.310. The van der Waals surface area contributed by atoms with Gasteiger partial charge in [-0.2, -0.15) is 0 Å². The van der Waals surface area contributed by atoms with Crippen molar-refractivity contribution in [1.29, 1.82) is 0 Å². The molecule has 1 aliphatic rings. The monoisotopic (exact) mass is 115 g/mol. The molecule has 0 aliphatic carbocycles. The summed E-state index contributed by atoms with van der Waals surface area (Å²) in [5, 5.41) is 0. The smallest absolute Gasteiger partial charge is 0.164 e. The maximum atomic E-state index is 9.86. The van der Waals surface area contributed by atoms with E-state index in [1.807, 2.05) is 0 Å². The standard InChI is InChI=1S/C4H5NOS/c6-3-4-1-2-7-5-4/h3H,1-2H2. The summed E-state index contributed by atoms with van der Waals surface area (Å²) in [4.78, 5) is 9.86. The van der Waals surface area contributed by atoms with Gasteiger partial charge < -0.3 is 0 Å². The van der Waals surface area contributed by atoms with Gasteiger partial charge in [-0.05, 0) is 11.9 Å². The Morgan fingerprint density at radius 1 is 1.86 bits per heavy atom. The van der Waals surface area contributed by atoms with Gasteiger partial charge in [-0.15, -0.1) is 0 Å². The summed E-state index contributed by atoms with van der Waals surface area (Å²) >= 11 is 1.46. The summed E-state index contributed by atoms with van der Waals surface area (Å²) in [5.74, 6) is 0.980. The van der Waals surface area contributed by atoms with Crippen LogP contribution in [0.1, 0.15) is 6.42 Å². The van der Waals surface area contributed by atoms with Crippen molar-refractivity contribution in [2.45, 2.75) is 6.42 Å². The molecule has 1 rings (SSSR count). The number of nitrogens with zero attached hydrogens (tertiary/aromatic N) is 1. The van der Waals surface area contributed by atoms with Gasteiger partial charge in [0, 0.05) is 12.2 Å². The molecule has 3 heteroatoms. The van der Waals surface area contributed by atoms with Crippen LogP contribution in [0.2, 0.25) is 0 Å². The fraction of sp³-hybridized carbons (Fsp3) is 0.500. The van der Waals surface area contributed by atoms with Crippen LogP contribution in [-0.4, -0.2) is 17.8 Å². The Bertz CT molecular complexity index is 110. The average molecular weight is 115 g/mol. The molecule has 1 aliphatic heterocycles. The molecule has 0 aromatic rings.